The van der Waals surface area contributed by atoms with E-state index in [1.165, 1.54) is 19.3 Å². The first-order valence-electron chi connectivity index (χ1n) is 4.80. The van der Waals surface area contributed by atoms with Crippen molar-refractivity contribution in [1.29, 1.82) is 0 Å². The number of aromatic nitrogens is 1. The Hall–Kier alpha value is -1.09. The monoisotopic (exact) mass is 177 g/mol. The molecule has 70 valence electrons. The zero-order valence-electron chi connectivity index (χ0n) is 7.66. The second-order valence-corrected chi connectivity index (χ2v) is 3.53. The number of nitrogens with one attached hydrogen (secondary N) is 1. The van der Waals surface area contributed by atoms with Crippen LogP contribution in [0.1, 0.15) is 24.8 Å². The van der Waals surface area contributed by atoms with Crippen LogP contribution >= 0.6 is 0 Å². The van der Waals surface area contributed by atoms with Crippen LogP contribution in [0.2, 0.25) is 0 Å². The van der Waals surface area contributed by atoms with E-state index in [1.807, 2.05) is 18.3 Å². The zero-order valence-corrected chi connectivity index (χ0v) is 7.66. The highest BCUT2D eigenvalue weighted by Crippen LogP contribution is 2.21. The van der Waals surface area contributed by atoms with E-state index in [1.54, 1.807) is 0 Å². The molecule has 0 amide bonds. The fourth-order valence-electron chi connectivity index (χ4n) is 1.39. The molecule has 1 aromatic rings. The van der Waals surface area contributed by atoms with Crippen LogP contribution in [0.15, 0.2) is 18.3 Å². The Morgan fingerprint density at radius 1 is 1.46 bits per heavy atom. The van der Waals surface area contributed by atoms with Crippen molar-refractivity contribution < 1.29 is 0 Å². The smallest absolute Gasteiger partial charge is 0.126 e. The van der Waals surface area contributed by atoms with Gasteiger partial charge in [0.15, 0.2) is 0 Å². The topological polar surface area (TPSA) is 50.9 Å². The highest BCUT2D eigenvalue weighted by Gasteiger charge is 2.16. The van der Waals surface area contributed by atoms with Gasteiger partial charge in [0.05, 0.1) is 0 Å². The van der Waals surface area contributed by atoms with Gasteiger partial charge in [0, 0.05) is 18.8 Å². The SMILES string of the molecule is NCc1ccc(NC2CCC2)nc1. The number of nitrogens with two attached hydrogens (primary N) is 1. The predicted molar refractivity (Wildman–Crippen MR) is 53.4 cm³/mol. The Balaban J connectivity index is 1.96. The van der Waals surface area contributed by atoms with Crippen LogP contribution in [-0.4, -0.2) is 11.0 Å². The van der Waals surface area contributed by atoms with Crippen LogP contribution in [0, 0.1) is 0 Å². The molecule has 1 aliphatic carbocycles. The highest BCUT2D eigenvalue weighted by molar-refractivity contribution is 5.37. The molecular formula is C10H15N3. The third kappa shape index (κ3) is 1.98. The summed E-state index contributed by atoms with van der Waals surface area (Å²) in [5.41, 5.74) is 6.56. The van der Waals surface area contributed by atoms with Crippen molar-refractivity contribution in [3.8, 4) is 0 Å². The number of anilines is 1. The average molecular weight is 177 g/mol. The van der Waals surface area contributed by atoms with Gasteiger partial charge in [-0.2, -0.15) is 0 Å². The van der Waals surface area contributed by atoms with Crippen LogP contribution in [-0.2, 0) is 6.54 Å². The minimum absolute atomic E-state index is 0.566. The van der Waals surface area contributed by atoms with Crippen LogP contribution in [0.3, 0.4) is 0 Å². The number of nitrogens with zero attached hydrogens (tertiary/aromatic N) is 1. The van der Waals surface area contributed by atoms with Crippen LogP contribution in [0.5, 0.6) is 0 Å². The Kier molecular flexibility index (Phi) is 2.45. The van der Waals surface area contributed by atoms with Crippen molar-refractivity contribution in [3.63, 3.8) is 0 Å². The summed E-state index contributed by atoms with van der Waals surface area (Å²) in [5.74, 6) is 0.974. The molecular weight excluding hydrogens is 162 g/mol. The van der Waals surface area contributed by atoms with Gasteiger partial charge in [-0.25, -0.2) is 4.98 Å². The molecule has 1 heterocycles. The predicted octanol–water partition coefficient (Wildman–Crippen LogP) is 1.50. The van der Waals surface area contributed by atoms with Gasteiger partial charge < -0.3 is 11.1 Å². The van der Waals surface area contributed by atoms with Gasteiger partial charge in [-0.15, -0.1) is 0 Å². The first-order valence-corrected chi connectivity index (χ1v) is 4.80. The summed E-state index contributed by atoms with van der Waals surface area (Å²) >= 11 is 0. The summed E-state index contributed by atoms with van der Waals surface area (Å²) in [6.07, 6.45) is 5.74. The Labute approximate surface area is 78.4 Å². The average Bonchev–Trinajstić information content (AvgIpc) is 2.12. The maximum Gasteiger partial charge on any atom is 0.126 e. The number of pyridine rings is 1. The number of rotatable bonds is 3. The van der Waals surface area contributed by atoms with Crippen LogP contribution in [0.4, 0.5) is 5.82 Å². The second kappa shape index (κ2) is 3.75. The molecule has 0 aliphatic heterocycles. The molecule has 0 radical (unpaired) electrons. The van der Waals surface area contributed by atoms with Crippen molar-refractivity contribution in [1.82, 2.24) is 4.98 Å². The molecule has 0 unspecified atom stereocenters. The molecule has 2 rings (SSSR count). The van der Waals surface area contributed by atoms with E-state index in [2.05, 4.69) is 10.3 Å². The lowest BCUT2D eigenvalue weighted by atomic mass is 9.93. The summed E-state index contributed by atoms with van der Waals surface area (Å²) in [6, 6.07) is 4.67. The summed E-state index contributed by atoms with van der Waals surface area (Å²) in [4.78, 5) is 4.28. The Bertz CT molecular complexity index is 264. The maximum absolute atomic E-state index is 5.48. The standard InChI is InChI=1S/C10H15N3/c11-6-8-4-5-10(12-7-8)13-9-2-1-3-9/h4-5,7,9H,1-3,6,11H2,(H,12,13). The molecule has 0 atom stereocenters. The third-order valence-electron chi connectivity index (χ3n) is 2.52. The molecule has 0 aromatic carbocycles. The van der Waals surface area contributed by atoms with Crippen molar-refractivity contribution in [3.05, 3.63) is 23.9 Å². The number of hydrogen-bond donors (Lipinski definition) is 2. The van der Waals surface area contributed by atoms with Gasteiger partial charge in [0.2, 0.25) is 0 Å². The van der Waals surface area contributed by atoms with Gasteiger partial charge in [-0.05, 0) is 30.9 Å². The second-order valence-electron chi connectivity index (χ2n) is 3.53. The van der Waals surface area contributed by atoms with Gasteiger partial charge in [0.25, 0.3) is 0 Å². The summed E-state index contributed by atoms with van der Waals surface area (Å²) in [6.45, 7) is 0.566. The van der Waals surface area contributed by atoms with E-state index < -0.39 is 0 Å². The summed E-state index contributed by atoms with van der Waals surface area (Å²) < 4.78 is 0. The summed E-state index contributed by atoms with van der Waals surface area (Å²) in [7, 11) is 0. The maximum atomic E-state index is 5.48. The fourth-order valence-corrected chi connectivity index (χ4v) is 1.39. The summed E-state index contributed by atoms with van der Waals surface area (Å²) in [5, 5.41) is 3.38. The fraction of sp³-hybridized carbons (Fsp3) is 0.500. The van der Waals surface area contributed by atoms with E-state index in [-0.39, 0.29) is 0 Å². The molecule has 3 N–H and O–H groups in total. The van der Waals surface area contributed by atoms with E-state index in [9.17, 15) is 0 Å². The van der Waals surface area contributed by atoms with Gasteiger partial charge in [0.1, 0.15) is 5.82 Å². The third-order valence-corrected chi connectivity index (χ3v) is 2.52. The lowest BCUT2D eigenvalue weighted by Crippen LogP contribution is -2.27. The van der Waals surface area contributed by atoms with E-state index in [0.717, 1.165) is 11.4 Å². The van der Waals surface area contributed by atoms with Crippen molar-refractivity contribution in [2.45, 2.75) is 31.8 Å². The van der Waals surface area contributed by atoms with Crippen molar-refractivity contribution in [2.75, 3.05) is 5.32 Å². The highest BCUT2D eigenvalue weighted by atomic mass is 15.0. The first kappa shape index (κ1) is 8.51. The van der Waals surface area contributed by atoms with Crippen LogP contribution in [0.25, 0.3) is 0 Å². The van der Waals surface area contributed by atoms with Gasteiger partial charge in [-0.3, -0.25) is 0 Å². The molecule has 0 spiro atoms. The lowest BCUT2D eigenvalue weighted by molar-refractivity contribution is 0.444. The van der Waals surface area contributed by atoms with Crippen molar-refractivity contribution in [2.24, 2.45) is 5.73 Å². The molecule has 1 aromatic heterocycles. The molecule has 3 heteroatoms. The molecule has 1 aliphatic rings. The Morgan fingerprint density at radius 2 is 2.31 bits per heavy atom. The normalized spacial score (nSPS) is 16.7. The van der Waals surface area contributed by atoms with Crippen molar-refractivity contribution >= 4 is 5.82 Å². The molecule has 13 heavy (non-hydrogen) atoms. The van der Waals surface area contributed by atoms with E-state index >= 15 is 0 Å². The largest absolute Gasteiger partial charge is 0.367 e. The lowest BCUT2D eigenvalue weighted by Gasteiger charge is -2.26. The number of hydrogen-bond acceptors (Lipinski definition) is 3. The Morgan fingerprint density at radius 3 is 2.77 bits per heavy atom. The quantitative estimate of drug-likeness (QED) is 0.735. The molecule has 1 fully saturated rings. The minimum atomic E-state index is 0.566. The van der Waals surface area contributed by atoms with E-state index in [4.69, 9.17) is 5.73 Å². The molecule has 1 saturated carbocycles. The van der Waals surface area contributed by atoms with Gasteiger partial charge in [-0.1, -0.05) is 6.07 Å². The first-order chi connectivity index (χ1) is 6.38. The zero-order chi connectivity index (χ0) is 9.10. The molecule has 3 nitrogen and oxygen atoms in total. The van der Waals surface area contributed by atoms with E-state index in [0.29, 0.717) is 12.6 Å². The van der Waals surface area contributed by atoms with Gasteiger partial charge >= 0.3 is 0 Å². The van der Waals surface area contributed by atoms with Crippen LogP contribution < -0.4 is 11.1 Å². The minimum Gasteiger partial charge on any atom is -0.367 e. The molecule has 0 bridgehead atoms. The molecule has 0 saturated heterocycles.